The van der Waals surface area contributed by atoms with Crippen LogP contribution < -0.4 is 4.74 Å². The Kier molecular flexibility index (Phi) is 6.33. The highest BCUT2D eigenvalue weighted by Crippen LogP contribution is 2.56. The Morgan fingerprint density at radius 3 is 2.14 bits per heavy atom. The van der Waals surface area contributed by atoms with E-state index in [4.69, 9.17) is 14.7 Å². The molecule has 1 fully saturated rings. The molecule has 4 atom stereocenters. The van der Waals surface area contributed by atoms with Gasteiger partial charge in [0.25, 0.3) is 0 Å². The molecule has 2 N–H and O–H groups in total. The second kappa shape index (κ2) is 9.45. The summed E-state index contributed by atoms with van der Waals surface area (Å²) in [6.45, 7) is 6.90. The molecule has 36 heavy (non-hydrogen) atoms. The van der Waals surface area contributed by atoms with Crippen molar-refractivity contribution in [3.63, 3.8) is 0 Å². The first-order chi connectivity index (χ1) is 17.3. The molecule has 0 aromatic heterocycles. The zero-order valence-electron chi connectivity index (χ0n) is 21.1. The van der Waals surface area contributed by atoms with Gasteiger partial charge in [0.2, 0.25) is 5.72 Å². The van der Waals surface area contributed by atoms with Gasteiger partial charge >= 0.3 is 0 Å². The van der Waals surface area contributed by atoms with E-state index in [1.54, 1.807) is 30.6 Å². The van der Waals surface area contributed by atoms with Crippen LogP contribution in [0.4, 0.5) is 0 Å². The fraction of sp³-hybridized carbons (Fsp3) is 0.355. The molecule has 0 radical (unpaired) electrons. The predicted molar refractivity (Wildman–Crippen MR) is 144 cm³/mol. The highest BCUT2D eigenvalue weighted by molar-refractivity contribution is 5.84. The number of phenolic OH excluding ortho intramolecular Hbond substituents is 2. The van der Waals surface area contributed by atoms with Crippen molar-refractivity contribution in [2.75, 3.05) is 0 Å². The van der Waals surface area contributed by atoms with E-state index < -0.39 is 5.72 Å². The van der Waals surface area contributed by atoms with Crippen LogP contribution in [0.15, 0.2) is 82.8 Å². The topological polar surface area (TPSA) is 74.4 Å². The van der Waals surface area contributed by atoms with Gasteiger partial charge in [-0.05, 0) is 54.5 Å². The summed E-state index contributed by atoms with van der Waals surface area (Å²) in [5.74, 6) is 1.68. The molecule has 1 aliphatic carbocycles. The standard InChI is InChI=1S/C31H34N2O3/c1-30(2,3)23-16-17-31(33-20-22-11-5-8-14-27(22)35)25(18-23)29(24-12-6-9-15-28(24)36-31)32-19-21-10-4-7-13-26(21)34/h4-15,19-20,23,25,29,34-35H,16-18H2,1-3H3/t23-,25-,29-,31-/m1/s1. The number of benzene rings is 3. The van der Waals surface area contributed by atoms with Gasteiger partial charge in [-0.15, -0.1) is 0 Å². The van der Waals surface area contributed by atoms with E-state index in [0.717, 1.165) is 30.6 Å². The van der Waals surface area contributed by atoms with Gasteiger partial charge in [0.1, 0.15) is 17.2 Å². The third-order valence-electron chi connectivity index (χ3n) is 7.77. The summed E-state index contributed by atoms with van der Waals surface area (Å²) in [6, 6.07) is 22.4. The largest absolute Gasteiger partial charge is 0.507 e. The van der Waals surface area contributed by atoms with Crippen molar-refractivity contribution in [1.29, 1.82) is 0 Å². The third kappa shape index (κ3) is 4.62. The van der Waals surface area contributed by atoms with Gasteiger partial charge in [-0.25, -0.2) is 4.99 Å². The molecule has 5 nitrogen and oxygen atoms in total. The molecule has 3 aromatic carbocycles. The van der Waals surface area contributed by atoms with Crippen LogP contribution >= 0.6 is 0 Å². The monoisotopic (exact) mass is 482 g/mol. The second-order valence-corrected chi connectivity index (χ2v) is 11.0. The van der Waals surface area contributed by atoms with Crippen molar-refractivity contribution in [2.45, 2.75) is 51.8 Å². The molecule has 3 aromatic rings. The smallest absolute Gasteiger partial charge is 0.205 e. The lowest BCUT2D eigenvalue weighted by atomic mass is 9.63. The Labute approximate surface area is 213 Å². The van der Waals surface area contributed by atoms with Gasteiger partial charge in [0, 0.05) is 41.5 Å². The summed E-state index contributed by atoms with van der Waals surface area (Å²) in [5, 5.41) is 20.7. The van der Waals surface area contributed by atoms with Crippen molar-refractivity contribution in [1.82, 2.24) is 0 Å². The highest BCUT2D eigenvalue weighted by atomic mass is 16.5. The van der Waals surface area contributed by atoms with E-state index in [1.165, 1.54) is 0 Å². The van der Waals surface area contributed by atoms with Gasteiger partial charge < -0.3 is 14.9 Å². The van der Waals surface area contributed by atoms with Crippen LogP contribution in [0.25, 0.3) is 0 Å². The van der Waals surface area contributed by atoms with Gasteiger partial charge in [-0.1, -0.05) is 63.2 Å². The average molecular weight is 483 g/mol. The van der Waals surface area contributed by atoms with Crippen molar-refractivity contribution >= 4 is 12.4 Å². The number of phenols is 2. The van der Waals surface area contributed by atoms with Crippen molar-refractivity contribution < 1.29 is 14.9 Å². The van der Waals surface area contributed by atoms with Gasteiger partial charge in [-0.3, -0.25) is 4.99 Å². The van der Waals surface area contributed by atoms with Crippen LogP contribution in [-0.2, 0) is 0 Å². The maximum absolute atomic E-state index is 10.3. The number of para-hydroxylation sites is 3. The van der Waals surface area contributed by atoms with E-state index >= 15 is 0 Å². The molecule has 5 heteroatoms. The van der Waals surface area contributed by atoms with E-state index in [-0.39, 0.29) is 28.9 Å². The quantitative estimate of drug-likeness (QED) is 0.396. The number of aliphatic imine (C=N–C) groups is 2. The molecule has 1 heterocycles. The average Bonchev–Trinajstić information content (AvgIpc) is 2.86. The summed E-state index contributed by atoms with van der Waals surface area (Å²) in [4.78, 5) is 10.2. The minimum absolute atomic E-state index is 0.00501. The lowest BCUT2D eigenvalue weighted by molar-refractivity contribution is -0.0717. The minimum atomic E-state index is -0.793. The Morgan fingerprint density at radius 1 is 0.861 bits per heavy atom. The summed E-state index contributed by atoms with van der Waals surface area (Å²) < 4.78 is 6.75. The van der Waals surface area contributed by atoms with E-state index in [2.05, 4.69) is 26.8 Å². The minimum Gasteiger partial charge on any atom is -0.507 e. The number of aromatic hydroxyl groups is 2. The van der Waals surface area contributed by atoms with Crippen LogP contribution in [0, 0.1) is 17.3 Å². The summed E-state index contributed by atoms with van der Waals surface area (Å²) in [5.41, 5.74) is 1.75. The van der Waals surface area contributed by atoms with Gasteiger partial charge in [0.15, 0.2) is 0 Å². The van der Waals surface area contributed by atoms with Gasteiger partial charge in [0.05, 0.1) is 6.04 Å². The first-order valence-corrected chi connectivity index (χ1v) is 12.7. The lowest BCUT2D eigenvalue weighted by Gasteiger charge is -2.51. The highest BCUT2D eigenvalue weighted by Gasteiger charge is 2.54. The van der Waals surface area contributed by atoms with Crippen LogP contribution in [-0.4, -0.2) is 28.4 Å². The number of hydrogen-bond donors (Lipinski definition) is 2. The van der Waals surface area contributed by atoms with Crippen molar-refractivity contribution in [2.24, 2.45) is 27.2 Å². The zero-order chi connectivity index (χ0) is 25.3. The first-order valence-electron chi connectivity index (χ1n) is 12.7. The number of ether oxygens (including phenoxy) is 1. The molecule has 1 aliphatic heterocycles. The Morgan fingerprint density at radius 2 is 1.47 bits per heavy atom. The summed E-state index contributed by atoms with van der Waals surface area (Å²) in [7, 11) is 0. The molecular formula is C31H34N2O3. The van der Waals surface area contributed by atoms with Crippen LogP contribution in [0.1, 0.15) is 62.8 Å². The Hall–Kier alpha value is -3.60. The van der Waals surface area contributed by atoms with E-state index in [0.29, 0.717) is 17.0 Å². The van der Waals surface area contributed by atoms with Crippen molar-refractivity contribution in [3.05, 3.63) is 89.5 Å². The molecule has 186 valence electrons. The summed E-state index contributed by atoms with van der Waals surface area (Å²) in [6.07, 6.45) is 6.20. The number of nitrogens with zero attached hydrogens (tertiary/aromatic N) is 2. The molecule has 0 amide bonds. The van der Waals surface area contributed by atoms with Crippen LogP contribution in [0.2, 0.25) is 0 Å². The maximum atomic E-state index is 10.3. The van der Waals surface area contributed by atoms with Crippen molar-refractivity contribution in [3.8, 4) is 17.2 Å². The SMILES string of the molecule is CC(C)(C)[C@@H]1CC[C@@]2(N=Cc3ccccc3O)Oc3ccccc3[C@@H](N=Cc3ccccc3O)[C@H]2C1. The lowest BCUT2D eigenvalue weighted by Crippen LogP contribution is -2.52. The predicted octanol–water partition coefficient (Wildman–Crippen LogP) is 6.93. The maximum Gasteiger partial charge on any atom is 0.205 e. The molecule has 0 unspecified atom stereocenters. The fourth-order valence-electron chi connectivity index (χ4n) is 5.59. The molecule has 0 spiro atoms. The normalized spacial score (nSPS) is 25.9. The van der Waals surface area contributed by atoms with Crippen LogP contribution in [0.5, 0.6) is 17.2 Å². The molecule has 5 rings (SSSR count). The molecular weight excluding hydrogens is 448 g/mol. The number of rotatable bonds is 4. The summed E-state index contributed by atoms with van der Waals surface area (Å²) >= 11 is 0. The first kappa shape index (κ1) is 24.1. The molecule has 1 saturated carbocycles. The Bertz CT molecular complexity index is 1290. The number of fused-ring (bicyclic) bond motifs is 2. The fourth-order valence-corrected chi connectivity index (χ4v) is 5.59. The number of hydrogen-bond acceptors (Lipinski definition) is 5. The van der Waals surface area contributed by atoms with Crippen LogP contribution in [0.3, 0.4) is 0 Å². The zero-order valence-corrected chi connectivity index (χ0v) is 21.1. The van der Waals surface area contributed by atoms with E-state index in [1.807, 2.05) is 48.5 Å². The van der Waals surface area contributed by atoms with Gasteiger partial charge in [-0.2, -0.15) is 0 Å². The Balaban J connectivity index is 1.62. The van der Waals surface area contributed by atoms with E-state index in [9.17, 15) is 10.2 Å². The molecule has 2 aliphatic rings. The second-order valence-electron chi connectivity index (χ2n) is 11.0. The molecule has 0 bridgehead atoms. The molecule has 0 saturated heterocycles. The third-order valence-corrected chi connectivity index (χ3v) is 7.77.